The number of carbonyl (C=O) groups excluding carboxylic acids is 2. The predicted molar refractivity (Wildman–Crippen MR) is 183 cm³/mol. The lowest BCUT2D eigenvalue weighted by Crippen LogP contribution is -2.53. The van der Waals surface area contributed by atoms with Crippen molar-refractivity contribution in [3.8, 4) is 11.5 Å². The predicted octanol–water partition coefficient (Wildman–Crippen LogP) is 5.75. The molecule has 4 aromatic rings. The van der Waals surface area contributed by atoms with Crippen LogP contribution in [0.3, 0.4) is 0 Å². The van der Waals surface area contributed by atoms with Crippen LogP contribution in [-0.2, 0) is 32.6 Å². The molecule has 0 heterocycles. The molecule has 0 bridgehead atoms. The molecule has 2 amide bonds. The van der Waals surface area contributed by atoms with Gasteiger partial charge in [-0.3, -0.25) is 13.9 Å². The molecule has 9 nitrogen and oxygen atoms in total. The van der Waals surface area contributed by atoms with Crippen molar-refractivity contribution in [1.82, 2.24) is 10.2 Å². The molecule has 1 atom stereocenters. The first-order valence-electron chi connectivity index (χ1n) is 14.7. The minimum absolute atomic E-state index is 0.0174. The largest absolute Gasteiger partial charge is 0.493 e. The van der Waals surface area contributed by atoms with E-state index in [0.717, 1.165) is 25.5 Å². The summed E-state index contributed by atoms with van der Waals surface area (Å²) in [5.41, 5.74) is 2.71. The first-order chi connectivity index (χ1) is 22.1. The molecule has 0 aliphatic heterocycles. The van der Waals surface area contributed by atoms with Crippen molar-refractivity contribution < 1.29 is 27.5 Å². The second-order valence-corrected chi connectivity index (χ2v) is 13.4. The summed E-state index contributed by atoms with van der Waals surface area (Å²) < 4.78 is 41.2. The third-order valence-electron chi connectivity index (χ3n) is 7.41. The summed E-state index contributed by atoms with van der Waals surface area (Å²) in [5, 5.41) is 2.87. The Labute approximate surface area is 279 Å². The molecule has 0 radical (unpaired) electrons. The molecule has 4 aromatic carbocycles. The molecule has 0 aliphatic rings. The summed E-state index contributed by atoms with van der Waals surface area (Å²) in [5.74, 6) is -0.195. The summed E-state index contributed by atoms with van der Waals surface area (Å²) >= 11 is 3.49. The minimum Gasteiger partial charge on any atom is -0.493 e. The van der Waals surface area contributed by atoms with Crippen LogP contribution in [0.4, 0.5) is 5.69 Å². The highest BCUT2D eigenvalue weighted by molar-refractivity contribution is 9.10. The van der Waals surface area contributed by atoms with E-state index in [1.807, 2.05) is 68.4 Å². The third-order valence-corrected chi connectivity index (χ3v) is 9.69. The second kappa shape index (κ2) is 15.8. The van der Waals surface area contributed by atoms with Crippen LogP contribution in [0.15, 0.2) is 106 Å². The average Bonchev–Trinajstić information content (AvgIpc) is 3.05. The number of carbonyl (C=O) groups is 2. The van der Waals surface area contributed by atoms with Gasteiger partial charge in [-0.1, -0.05) is 76.1 Å². The summed E-state index contributed by atoms with van der Waals surface area (Å²) in [4.78, 5) is 29.6. The van der Waals surface area contributed by atoms with Gasteiger partial charge in [0.25, 0.3) is 10.0 Å². The van der Waals surface area contributed by atoms with Crippen LogP contribution >= 0.6 is 15.9 Å². The van der Waals surface area contributed by atoms with Crippen LogP contribution in [0, 0.1) is 6.92 Å². The molecule has 4 rings (SSSR count). The lowest BCUT2D eigenvalue weighted by molar-refractivity contribution is -0.140. The van der Waals surface area contributed by atoms with E-state index < -0.39 is 28.5 Å². The molecule has 11 heteroatoms. The molecule has 1 N–H and O–H groups in total. The van der Waals surface area contributed by atoms with Crippen LogP contribution in [0.1, 0.15) is 23.6 Å². The number of nitrogens with one attached hydrogen (secondary N) is 1. The Morgan fingerprint density at radius 1 is 0.848 bits per heavy atom. The Morgan fingerprint density at radius 3 is 2.15 bits per heavy atom. The number of sulfonamides is 1. The molecule has 46 heavy (non-hydrogen) atoms. The van der Waals surface area contributed by atoms with E-state index in [-0.39, 0.29) is 29.5 Å². The van der Waals surface area contributed by atoms with Gasteiger partial charge in [-0.15, -0.1) is 0 Å². The highest BCUT2D eigenvalue weighted by atomic mass is 79.9. The standard InChI is InChI=1S/C35H38BrN3O6S/c1-5-37-35(41)31(21-26-10-7-6-8-11-26)38(23-27-12-9-13-28(36)20-27)34(40)24-39(29-16-19-32(44-3)33(22-29)45-4)46(42,43)30-17-14-25(2)15-18-30/h6-20,22,31H,5,21,23-24H2,1-4H3,(H,37,41)/t31-/m0/s1. The van der Waals surface area contributed by atoms with Crippen LogP contribution < -0.4 is 19.1 Å². The summed E-state index contributed by atoms with van der Waals surface area (Å²) in [6.45, 7) is 3.52. The Balaban J connectivity index is 1.83. The van der Waals surface area contributed by atoms with Gasteiger partial charge in [0.05, 0.1) is 24.8 Å². The van der Waals surface area contributed by atoms with Gasteiger partial charge in [-0.25, -0.2) is 8.42 Å². The van der Waals surface area contributed by atoms with Gasteiger partial charge in [0.1, 0.15) is 12.6 Å². The number of ether oxygens (including phenoxy) is 2. The number of halogens is 1. The molecule has 0 unspecified atom stereocenters. The zero-order valence-electron chi connectivity index (χ0n) is 26.3. The van der Waals surface area contributed by atoms with E-state index in [0.29, 0.717) is 18.0 Å². The van der Waals surface area contributed by atoms with Crippen LogP contribution in [0.25, 0.3) is 0 Å². The maximum atomic E-state index is 14.5. The lowest BCUT2D eigenvalue weighted by Gasteiger charge is -2.34. The maximum absolute atomic E-state index is 14.5. The number of rotatable bonds is 14. The van der Waals surface area contributed by atoms with E-state index >= 15 is 0 Å². The van der Waals surface area contributed by atoms with Gasteiger partial charge in [0, 0.05) is 30.0 Å². The van der Waals surface area contributed by atoms with E-state index in [4.69, 9.17) is 9.47 Å². The smallest absolute Gasteiger partial charge is 0.264 e. The van der Waals surface area contributed by atoms with Gasteiger partial charge in [0.15, 0.2) is 11.5 Å². The number of anilines is 1. The van der Waals surface area contributed by atoms with Crippen LogP contribution in [0.5, 0.6) is 11.5 Å². The number of methoxy groups -OCH3 is 2. The van der Waals surface area contributed by atoms with E-state index in [2.05, 4.69) is 21.2 Å². The molecule has 0 saturated carbocycles. The molecule has 0 aromatic heterocycles. The molecule has 242 valence electrons. The maximum Gasteiger partial charge on any atom is 0.264 e. The molecule has 0 spiro atoms. The number of nitrogens with zero attached hydrogens (tertiary/aromatic N) is 2. The zero-order valence-corrected chi connectivity index (χ0v) is 28.7. The monoisotopic (exact) mass is 707 g/mol. The van der Waals surface area contributed by atoms with Gasteiger partial charge in [-0.2, -0.15) is 0 Å². The van der Waals surface area contributed by atoms with Crippen molar-refractivity contribution >= 4 is 43.5 Å². The molecular formula is C35H38BrN3O6S. The first kappa shape index (κ1) is 34.5. The lowest BCUT2D eigenvalue weighted by atomic mass is 10.0. The Hall–Kier alpha value is -4.35. The molecular weight excluding hydrogens is 670 g/mol. The number of amides is 2. The first-order valence-corrected chi connectivity index (χ1v) is 17.0. The number of benzene rings is 4. The van der Waals surface area contributed by atoms with E-state index in [9.17, 15) is 18.0 Å². The van der Waals surface area contributed by atoms with Gasteiger partial charge < -0.3 is 19.7 Å². The molecule has 0 aliphatic carbocycles. The molecule has 0 fully saturated rings. The fourth-order valence-electron chi connectivity index (χ4n) is 5.02. The topological polar surface area (TPSA) is 105 Å². The Morgan fingerprint density at radius 2 is 1.52 bits per heavy atom. The van der Waals surface area contributed by atoms with Crippen molar-refractivity contribution in [3.63, 3.8) is 0 Å². The third kappa shape index (κ3) is 8.46. The number of likely N-dealkylation sites (N-methyl/N-ethyl adjacent to an activating group) is 1. The fraction of sp³-hybridized carbons (Fsp3) is 0.257. The zero-order chi connectivity index (χ0) is 33.3. The fourth-order valence-corrected chi connectivity index (χ4v) is 6.88. The average molecular weight is 709 g/mol. The van der Waals surface area contributed by atoms with Crippen molar-refractivity contribution in [1.29, 1.82) is 0 Å². The minimum atomic E-state index is -4.26. The van der Waals surface area contributed by atoms with Gasteiger partial charge in [0.2, 0.25) is 11.8 Å². The molecule has 0 saturated heterocycles. The Kier molecular flexibility index (Phi) is 11.8. The summed E-state index contributed by atoms with van der Waals surface area (Å²) in [6.07, 6.45) is 0.230. The highest BCUT2D eigenvalue weighted by Crippen LogP contribution is 2.34. The van der Waals surface area contributed by atoms with Gasteiger partial charge in [-0.05, 0) is 61.4 Å². The number of aryl methyl sites for hydroxylation is 1. The highest BCUT2D eigenvalue weighted by Gasteiger charge is 2.35. The van der Waals surface area contributed by atoms with E-state index in [1.165, 1.54) is 37.3 Å². The van der Waals surface area contributed by atoms with E-state index in [1.54, 1.807) is 24.3 Å². The van der Waals surface area contributed by atoms with Crippen LogP contribution in [-0.4, -0.2) is 58.5 Å². The van der Waals surface area contributed by atoms with Crippen molar-refractivity contribution in [3.05, 3.63) is 118 Å². The van der Waals surface area contributed by atoms with Crippen molar-refractivity contribution in [2.45, 2.75) is 37.8 Å². The van der Waals surface area contributed by atoms with Crippen LogP contribution in [0.2, 0.25) is 0 Å². The SMILES string of the molecule is CCNC(=O)[C@H](Cc1ccccc1)N(Cc1cccc(Br)c1)C(=O)CN(c1ccc(OC)c(OC)c1)S(=O)(=O)c1ccc(C)cc1. The van der Waals surface area contributed by atoms with Crippen molar-refractivity contribution in [2.24, 2.45) is 0 Å². The normalized spacial score (nSPS) is 11.8. The summed E-state index contributed by atoms with van der Waals surface area (Å²) in [6, 6.07) is 27.0. The van der Waals surface area contributed by atoms with Crippen molar-refractivity contribution in [2.75, 3.05) is 31.6 Å². The summed E-state index contributed by atoms with van der Waals surface area (Å²) in [7, 11) is -1.32. The quantitative estimate of drug-likeness (QED) is 0.179. The van der Waals surface area contributed by atoms with Gasteiger partial charge >= 0.3 is 0 Å². The Bertz CT molecular complexity index is 1750. The number of hydrogen-bond acceptors (Lipinski definition) is 6. The number of hydrogen-bond donors (Lipinski definition) is 1. The second-order valence-electron chi connectivity index (χ2n) is 10.6.